The third-order valence-electron chi connectivity index (χ3n) is 2.61. The van der Waals surface area contributed by atoms with Crippen LogP contribution < -0.4 is 10.6 Å². The van der Waals surface area contributed by atoms with Crippen molar-refractivity contribution in [3.8, 4) is 0 Å². The van der Waals surface area contributed by atoms with Gasteiger partial charge in [-0.1, -0.05) is 19.1 Å². The summed E-state index contributed by atoms with van der Waals surface area (Å²) in [6.07, 6.45) is 1.23. The van der Waals surface area contributed by atoms with Crippen LogP contribution in [0.25, 0.3) is 0 Å². The van der Waals surface area contributed by atoms with Gasteiger partial charge in [-0.15, -0.1) is 11.8 Å². The van der Waals surface area contributed by atoms with Crippen LogP contribution >= 0.6 is 11.8 Å². The summed E-state index contributed by atoms with van der Waals surface area (Å²) in [5, 5.41) is 6.99. The molecule has 0 amide bonds. The maximum absolute atomic E-state index is 3.61. The van der Waals surface area contributed by atoms with Crippen molar-refractivity contribution >= 4 is 17.4 Å². The molecule has 0 bridgehead atoms. The van der Waals surface area contributed by atoms with Crippen molar-refractivity contribution in [2.75, 3.05) is 24.2 Å². The van der Waals surface area contributed by atoms with Gasteiger partial charge in [0.05, 0.1) is 0 Å². The second-order valence-corrected chi connectivity index (χ2v) is 5.07. The van der Waals surface area contributed by atoms with E-state index in [2.05, 4.69) is 41.8 Å². The molecule has 3 heteroatoms. The van der Waals surface area contributed by atoms with Gasteiger partial charge in [0.2, 0.25) is 0 Å². The lowest BCUT2D eigenvalue weighted by Crippen LogP contribution is -2.22. The van der Waals surface area contributed by atoms with Gasteiger partial charge >= 0.3 is 0 Å². The zero-order valence-corrected chi connectivity index (χ0v) is 9.94. The summed E-state index contributed by atoms with van der Waals surface area (Å²) < 4.78 is 0. The van der Waals surface area contributed by atoms with E-state index in [9.17, 15) is 0 Å². The SMILES string of the molecule is CCSc1ccccc1NC1CCNC1. The van der Waals surface area contributed by atoms with Crippen LogP contribution in [-0.4, -0.2) is 24.9 Å². The Labute approximate surface area is 95.8 Å². The summed E-state index contributed by atoms with van der Waals surface area (Å²) in [5.41, 5.74) is 1.29. The van der Waals surface area contributed by atoms with E-state index >= 15 is 0 Å². The van der Waals surface area contributed by atoms with Crippen molar-refractivity contribution in [3.05, 3.63) is 24.3 Å². The van der Waals surface area contributed by atoms with Crippen molar-refractivity contribution in [1.29, 1.82) is 0 Å². The van der Waals surface area contributed by atoms with Gasteiger partial charge in [0, 0.05) is 23.2 Å². The van der Waals surface area contributed by atoms with Crippen LogP contribution in [0, 0.1) is 0 Å². The number of rotatable bonds is 4. The highest BCUT2D eigenvalue weighted by molar-refractivity contribution is 7.99. The number of nitrogens with one attached hydrogen (secondary N) is 2. The molecule has 2 nitrogen and oxygen atoms in total. The third-order valence-corrected chi connectivity index (χ3v) is 3.56. The molecule has 1 saturated heterocycles. The fourth-order valence-corrected chi connectivity index (χ4v) is 2.63. The van der Waals surface area contributed by atoms with Gasteiger partial charge in [-0.3, -0.25) is 0 Å². The molecule has 1 atom stereocenters. The van der Waals surface area contributed by atoms with Crippen molar-refractivity contribution in [2.24, 2.45) is 0 Å². The Balaban J connectivity index is 2.05. The van der Waals surface area contributed by atoms with Gasteiger partial charge in [-0.05, 0) is 30.9 Å². The molecule has 82 valence electrons. The summed E-state index contributed by atoms with van der Waals surface area (Å²) in [7, 11) is 0. The minimum Gasteiger partial charge on any atom is -0.380 e. The maximum atomic E-state index is 3.61. The molecule has 2 N–H and O–H groups in total. The lowest BCUT2D eigenvalue weighted by atomic mass is 10.2. The molecule has 15 heavy (non-hydrogen) atoms. The first kappa shape index (κ1) is 10.8. The van der Waals surface area contributed by atoms with Crippen LogP contribution in [0.1, 0.15) is 13.3 Å². The van der Waals surface area contributed by atoms with Crippen molar-refractivity contribution in [3.63, 3.8) is 0 Å². The average molecular weight is 222 g/mol. The molecule has 1 aliphatic rings. The second-order valence-electron chi connectivity index (χ2n) is 3.76. The molecule has 0 spiro atoms. The van der Waals surface area contributed by atoms with Crippen molar-refractivity contribution < 1.29 is 0 Å². The predicted molar refractivity (Wildman–Crippen MR) is 67.7 cm³/mol. The van der Waals surface area contributed by atoms with Gasteiger partial charge in [0.15, 0.2) is 0 Å². The van der Waals surface area contributed by atoms with Crippen LogP contribution in [0.15, 0.2) is 29.2 Å². The summed E-state index contributed by atoms with van der Waals surface area (Å²) >= 11 is 1.90. The maximum Gasteiger partial charge on any atom is 0.0480 e. The fraction of sp³-hybridized carbons (Fsp3) is 0.500. The average Bonchev–Trinajstić information content (AvgIpc) is 2.74. The first-order chi connectivity index (χ1) is 7.40. The van der Waals surface area contributed by atoms with E-state index < -0.39 is 0 Å². The van der Waals surface area contributed by atoms with Gasteiger partial charge < -0.3 is 10.6 Å². The van der Waals surface area contributed by atoms with Crippen LogP contribution in [0.4, 0.5) is 5.69 Å². The number of para-hydroxylation sites is 1. The van der Waals surface area contributed by atoms with E-state index in [1.807, 2.05) is 11.8 Å². The fourth-order valence-electron chi connectivity index (χ4n) is 1.87. The monoisotopic (exact) mass is 222 g/mol. The van der Waals surface area contributed by atoms with E-state index in [0.717, 1.165) is 18.8 Å². The molecule has 1 aliphatic heterocycles. The second kappa shape index (κ2) is 5.42. The Hall–Kier alpha value is -0.670. The third kappa shape index (κ3) is 2.89. The molecule has 0 aliphatic carbocycles. The Morgan fingerprint density at radius 2 is 2.33 bits per heavy atom. The highest BCUT2D eigenvalue weighted by atomic mass is 32.2. The van der Waals surface area contributed by atoms with Crippen LogP contribution in [0.3, 0.4) is 0 Å². The highest BCUT2D eigenvalue weighted by Gasteiger charge is 2.14. The molecule has 0 aromatic heterocycles. The lowest BCUT2D eigenvalue weighted by molar-refractivity contribution is 0.790. The molecular formula is C12H18N2S. The number of thioether (sulfide) groups is 1. The zero-order chi connectivity index (χ0) is 10.5. The van der Waals surface area contributed by atoms with Gasteiger partial charge in [0.25, 0.3) is 0 Å². The van der Waals surface area contributed by atoms with Gasteiger partial charge in [0.1, 0.15) is 0 Å². The highest BCUT2D eigenvalue weighted by Crippen LogP contribution is 2.27. The Morgan fingerprint density at radius 1 is 1.47 bits per heavy atom. The Kier molecular flexibility index (Phi) is 3.92. The quantitative estimate of drug-likeness (QED) is 0.766. The molecular weight excluding hydrogens is 204 g/mol. The van der Waals surface area contributed by atoms with E-state index in [1.54, 1.807) is 0 Å². The Morgan fingerprint density at radius 3 is 3.07 bits per heavy atom. The van der Waals surface area contributed by atoms with E-state index in [1.165, 1.54) is 17.0 Å². The van der Waals surface area contributed by atoms with Crippen LogP contribution in [-0.2, 0) is 0 Å². The lowest BCUT2D eigenvalue weighted by Gasteiger charge is -2.15. The number of hydrogen-bond donors (Lipinski definition) is 2. The van der Waals surface area contributed by atoms with Crippen LogP contribution in [0.2, 0.25) is 0 Å². The van der Waals surface area contributed by atoms with Gasteiger partial charge in [-0.25, -0.2) is 0 Å². The molecule has 1 unspecified atom stereocenters. The smallest absolute Gasteiger partial charge is 0.0480 e. The van der Waals surface area contributed by atoms with Crippen molar-refractivity contribution in [1.82, 2.24) is 5.32 Å². The molecule has 0 saturated carbocycles. The molecule has 1 heterocycles. The largest absolute Gasteiger partial charge is 0.380 e. The number of anilines is 1. The van der Waals surface area contributed by atoms with E-state index in [-0.39, 0.29) is 0 Å². The molecule has 2 rings (SSSR count). The molecule has 0 radical (unpaired) electrons. The van der Waals surface area contributed by atoms with Crippen molar-refractivity contribution in [2.45, 2.75) is 24.3 Å². The standard InChI is InChI=1S/C12H18N2S/c1-2-15-12-6-4-3-5-11(12)14-10-7-8-13-9-10/h3-6,10,13-14H,2,7-9H2,1H3. The number of hydrogen-bond acceptors (Lipinski definition) is 3. The first-order valence-corrected chi connectivity index (χ1v) is 6.58. The minimum atomic E-state index is 0.601. The predicted octanol–water partition coefficient (Wildman–Crippen LogP) is 2.57. The van der Waals surface area contributed by atoms with E-state index in [0.29, 0.717) is 6.04 Å². The molecule has 1 fully saturated rings. The van der Waals surface area contributed by atoms with E-state index in [4.69, 9.17) is 0 Å². The topological polar surface area (TPSA) is 24.1 Å². The van der Waals surface area contributed by atoms with Crippen LogP contribution in [0.5, 0.6) is 0 Å². The first-order valence-electron chi connectivity index (χ1n) is 5.59. The molecule has 1 aromatic carbocycles. The summed E-state index contributed by atoms with van der Waals surface area (Å²) in [5.74, 6) is 1.13. The summed E-state index contributed by atoms with van der Waals surface area (Å²) in [6.45, 7) is 4.42. The Bertz CT molecular complexity index is 308. The van der Waals surface area contributed by atoms with Gasteiger partial charge in [-0.2, -0.15) is 0 Å². The molecule has 1 aromatic rings. The zero-order valence-electron chi connectivity index (χ0n) is 9.12. The minimum absolute atomic E-state index is 0.601. The summed E-state index contributed by atoms with van der Waals surface area (Å²) in [6, 6.07) is 9.18. The number of benzene rings is 1. The normalized spacial score (nSPS) is 20.5. The summed E-state index contributed by atoms with van der Waals surface area (Å²) in [4.78, 5) is 1.37.